The number of carbonyl (C=O) groups is 1. The highest BCUT2D eigenvalue weighted by Crippen LogP contribution is 2.21. The zero-order valence-electron chi connectivity index (χ0n) is 7.40. The predicted molar refractivity (Wildman–Crippen MR) is 58.0 cm³/mol. The smallest absolute Gasteiger partial charge is 0.311 e. The molecule has 1 aromatic carbocycles. The fraction of sp³-hybridized carbons (Fsp3) is 0.182. The van der Waals surface area contributed by atoms with Crippen molar-refractivity contribution in [3.05, 3.63) is 34.3 Å². The first kappa shape index (κ1) is 10.8. The van der Waals surface area contributed by atoms with Crippen LogP contribution in [0.4, 0.5) is 0 Å². The summed E-state index contributed by atoms with van der Waals surface area (Å²) < 4.78 is 0.922. The average molecular weight is 253 g/mol. The number of halogens is 1. The van der Waals surface area contributed by atoms with Crippen LogP contribution >= 0.6 is 15.9 Å². The van der Waals surface area contributed by atoms with Gasteiger partial charge in [0, 0.05) is 10.9 Å². The SMILES string of the molecule is C#CCC(C(=O)O)c1ccc(Br)cc1. The van der Waals surface area contributed by atoms with Gasteiger partial charge in [0.2, 0.25) is 0 Å². The van der Waals surface area contributed by atoms with E-state index in [1.54, 1.807) is 12.1 Å². The maximum absolute atomic E-state index is 10.9. The number of hydrogen-bond donors (Lipinski definition) is 1. The van der Waals surface area contributed by atoms with Crippen LogP contribution in [0.2, 0.25) is 0 Å². The molecule has 0 heterocycles. The Hall–Kier alpha value is -1.27. The number of carboxylic acid groups (broad SMARTS) is 1. The van der Waals surface area contributed by atoms with Gasteiger partial charge in [-0.05, 0) is 17.7 Å². The molecule has 0 bridgehead atoms. The van der Waals surface area contributed by atoms with Crippen LogP contribution in [0.3, 0.4) is 0 Å². The number of carboxylic acids is 1. The van der Waals surface area contributed by atoms with Crippen molar-refractivity contribution in [1.29, 1.82) is 0 Å². The van der Waals surface area contributed by atoms with E-state index in [0.29, 0.717) is 0 Å². The Morgan fingerprint density at radius 1 is 1.50 bits per heavy atom. The lowest BCUT2D eigenvalue weighted by Gasteiger charge is -2.08. The number of aliphatic carboxylic acids is 1. The summed E-state index contributed by atoms with van der Waals surface area (Å²) in [4.78, 5) is 10.9. The van der Waals surface area contributed by atoms with Crippen molar-refractivity contribution in [3.63, 3.8) is 0 Å². The molecule has 1 unspecified atom stereocenters. The van der Waals surface area contributed by atoms with E-state index in [2.05, 4.69) is 21.9 Å². The lowest BCUT2D eigenvalue weighted by Crippen LogP contribution is -2.10. The highest BCUT2D eigenvalue weighted by molar-refractivity contribution is 9.10. The molecule has 0 fully saturated rings. The van der Waals surface area contributed by atoms with Gasteiger partial charge in [0.15, 0.2) is 0 Å². The molecule has 1 atom stereocenters. The Bertz CT molecular complexity index is 362. The summed E-state index contributed by atoms with van der Waals surface area (Å²) in [5.41, 5.74) is 0.735. The molecule has 3 heteroatoms. The van der Waals surface area contributed by atoms with E-state index in [1.165, 1.54) is 0 Å². The quantitative estimate of drug-likeness (QED) is 0.841. The molecule has 0 aliphatic carbocycles. The Morgan fingerprint density at radius 3 is 2.50 bits per heavy atom. The molecule has 0 aliphatic heterocycles. The van der Waals surface area contributed by atoms with Gasteiger partial charge in [-0.1, -0.05) is 28.1 Å². The third kappa shape index (κ3) is 2.61. The van der Waals surface area contributed by atoms with Gasteiger partial charge in [0.05, 0.1) is 5.92 Å². The maximum atomic E-state index is 10.9. The van der Waals surface area contributed by atoms with Crippen molar-refractivity contribution >= 4 is 21.9 Å². The van der Waals surface area contributed by atoms with Crippen molar-refractivity contribution in [1.82, 2.24) is 0 Å². The average Bonchev–Trinajstić information content (AvgIpc) is 2.15. The molecule has 1 rings (SSSR count). The topological polar surface area (TPSA) is 37.3 Å². The van der Waals surface area contributed by atoms with E-state index in [0.717, 1.165) is 10.0 Å². The highest BCUT2D eigenvalue weighted by atomic mass is 79.9. The van der Waals surface area contributed by atoms with Crippen LogP contribution in [0.5, 0.6) is 0 Å². The molecular formula is C11H9BrO2. The van der Waals surface area contributed by atoms with Crippen molar-refractivity contribution in [2.45, 2.75) is 12.3 Å². The molecule has 0 amide bonds. The van der Waals surface area contributed by atoms with Gasteiger partial charge in [-0.15, -0.1) is 12.3 Å². The minimum Gasteiger partial charge on any atom is -0.481 e. The summed E-state index contributed by atoms with van der Waals surface area (Å²) in [5, 5.41) is 8.92. The van der Waals surface area contributed by atoms with Gasteiger partial charge in [-0.25, -0.2) is 0 Å². The molecule has 0 spiro atoms. The zero-order chi connectivity index (χ0) is 10.6. The van der Waals surface area contributed by atoms with E-state index < -0.39 is 11.9 Å². The first-order chi connectivity index (χ1) is 6.65. The van der Waals surface area contributed by atoms with Crippen LogP contribution < -0.4 is 0 Å². The number of benzene rings is 1. The summed E-state index contributed by atoms with van der Waals surface area (Å²) >= 11 is 3.28. The monoisotopic (exact) mass is 252 g/mol. The van der Waals surface area contributed by atoms with Crippen molar-refractivity contribution in [2.75, 3.05) is 0 Å². The maximum Gasteiger partial charge on any atom is 0.311 e. The molecule has 0 radical (unpaired) electrons. The lowest BCUT2D eigenvalue weighted by atomic mass is 9.96. The van der Waals surface area contributed by atoms with Crippen molar-refractivity contribution in [2.24, 2.45) is 0 Å². The Balaban J connectivity index is 2.95. The predicted octanol–water partition coefficient (Wildman–Crippen LogP) is 2.64. The summed E-state index contributed by atoms with van der Waals surface area (Å²) in [6.45, 7) is 0. The summed E-state index contributed by atoms with van der Waals surface area (Å²) in [7, 11) is 0. The van der Waals surface area contributed by atoms with E-state index in [-0.39, 0.29) is 6.42 Å². The lowest BCUT2D eigenvalue weighted by molar-refractivity contribution is -0.138. The summed E-state index contributed by atoms with van der Waals surface area (Å²) in [5.74, 6) is 0.882. The van der Waals surface area contributed by atoms with E-state index in [9.17, 15) is 4.79 Å². The molecule has 0 aromatic heterocycles. The minimum absolute atomic E-state index is 0.219. The first-order valence-corrected chi connectivity index (χ1v) is 4.86. The van der Waals surface area contributed by atoms with Crippen LogP contribution in [0, 0.1) is 12.3 Å². The molecule has 14 heavy (non-hydrogen) atoms. The molecule has 2 nitrogen and oxygen atoms in total. The van der Waals surface area contributed by atoms with Crippen LogP contribution in [0.15, 0.2) is 28.7 Å². The molecule has 0 saturated carbocycles. The fourth-order valence-corrected chi connectivity index (χ4v) is 1.43. The summed E-state index contributed by atoms with van der Waals surface area (Å²) in [6, 6.07) is 7.14. The minimum atomic E-state index is -0.884. The standard InChI is InChI=1S/C11H9BrO2/c1-2-3-10(11(13)14)8-4-6-9(12)7-5-8/h1,4-7,10H,3H2,(H,13,14). The Kier molecular flexibility index (Phi) is 3.73. The third-order valence-corrected chi connectivity index (χ3v) is 2.42. The van der Waals surface area contributed by atoms with Gasteiger partial charge in [-0.2, -0.15) is 0 Å². The largest absolute Gasteiger partial charge is 0.481 e. The highest BCUT2D eigenvalue weighted by Gasteiger charge is 2.17. The Labute approximate surface area is 91.1 Å². The summed E-state index contributed by atoms with van der Waals surface area (Å²) in [6.07, 6.45) is 5.33. The second-order valence-electron chi connectivity index (χ2n) is 2.85. The zero-order valence-corrected chi connectivity index (χ0v) is 8.99. The van der Waals surface area contributed by atoms with Crippen molar-refractivity contribution in [3.8, 4) is 12.3 Å². The Morgan fingerprint density at radius 2 is 2.07 bits per heavy atom. The van der Waals surface area contributed by atoms with Crippen LogP contribution in [0.25, 0.3) is 0 Å². The van der Waals surface area contributed by atoms with Crippen LogP contribution in [-0.4, -0.2) is 11.1 Å². The molecular weight excluding hydrogens is 244 g/mol. The van der Waals surface area contributed by atoms with E-state index >= 15 is 0 Å². The van der Waals surface area contributed by atoms with Gasteiger partial charge in [0.25, 0.3) is 0 Å². The van der Waals surface area contributed by atoms with Gasteiger partial charge in [0.1, 0.15) is 0 Å². The number of terminal acetylenes is 1. The third-order valence-electron chi connectivity index (χ3n) is 1.89. The molecule has 1 aromatic rings. The van der Waals surface area contributed by atoms with Crippen molar-refractivity contribution < 1.29 is 9.90 Å². The van der Waals surface area contributed by atoms with E-state index in [4.69, 9.17) is 11.5 Å². The molecule has 1 N–H and O–H groups in total. The van der Waals surface area contributed by atoms with Crippen LogP contribution in [-0.2, 0) is 4.79 Å². The van der Waals surface area contributed by atoms with Gasteiger partial charge < -0.3 is 5.11 Å². The number of rotatable bonds is 3. The normalized spacial score (nSPS) is 11.7. The molecule has 0 aliphatic rings. The van der Waals surface area contributed by atoms with Crippen LogP contribution in [0.1, 0.15) is 17.9 Å². The van der Waals surface area contributed by atoms with Gasteiger partial charge in [-0.3, -0.25) is 4.79 Å². The second kappa shape index (κ2) is 4.83. The first-order valence-electron chi connectivity index (χ1n) is 4.07. The second-order valence-corrected chi connectivity index (χ2v) is 3.77. The van der Waals surface area contributed by atoms with E-state index in [1.807, 2.05) is 12.1 Å². The molecule has 0 saturated heterocycles. The molecule has 72 valence electrons. The fourth-order valence-electron chi connectivity index (χ4n) is 1.16. The van der Waals surface area contributed by atoms with Gasteiger partial charge >= 0.3 is 5.97 Å². The number of hydrogen-bond acceptors (Lipinski definition) is 1.